The van der Waals surface area contributed by atoms with E-state index in [4.69, 9.17) is 5.84 Å². The second kappa shape index (κ2) is 13.6. The summed E-state index contributed by atoms with van der Waals surface area (Å²) >= 11 is 1.52. The van der Waals surface area contributed by atoms with Crippen molar-refractivity contribution in [1.29, 1.82) is 0 Å². The van der Waals surface area contributed by atoms with Crippen molar-refractivity contribution in [2.24, 2.45) is 10.8 Å². The molecule has 3 rings (SSSR count). The molecule has 0 fully saturated rings. The zero-order chi connectivity index (χ0) is 24.5. The van der Waals surface area contributed by atoms with E-state index in [2.05, 4.69) is 20.7 Å². The molecule has 0 aliphatic rings. The maximum atomic E-state index is 12.1. The number of halogens is 1. The Morgan fingerprint density at radius 3 is 2.17 bits per heavy atom. The zero-order valence-electron chi connectivity index (χ0n) is 20.1. The van der Waals surface area contributed by atoms with E-state index >= 15 is 0 Å². The second-order valence-electron chi connectivity index (χ2n) is 8.06. The largest absolute Gasteiger partial charge is 0.345 e. The van der Waals surface area contributed by atoms with E-state index in [9.17, 15) is 9.59 Å². The van der Waals surface area contributed by atoms with Crippen LogP contribution in [0.4, 0.5) is 10.8 Å². The van der Waals surface area contributed by atoms with Gasteiger partial charge in [0, 0.05) is 31.5 Å². The normalized spacial score (nSPS) is 10.6. The summed E-state index contributed by atoms with van der Waals surface area (Å²) in [4.78, 5) is 35.2. The molecule has 35 heavy (non-hydrogen) atoms. The van der Waals surface area contributed by atoms with Crippen molar-refractivity contribution < 1.29 is 9.59 Å². The number of rotatable bonds is 10. The van der Waals surface area contributed by atoms with Crippen molar-refractivity contribution in [3.63, 3.8) is 0 Å². The third kappa shape index (κ3) is 8.47. The molecular weight excluding hydrogens is 484 g/mol. The van der Waals surface area contributed by atoms with Crippen LogP contribution in [0.2, 0.25) is 0 Å². The van der Waals surface area contributed by atoms with Gasteiger partial charge in [0.2, 0.25) is 5.91 Å². The van der Waals surface area contributed by atoms with Gasteiger partial charge in [0.1, 0.15) is 6.34 Å². The summed E-state index contributed by atoms with van der Waals surface area (Å²) in [7, 11) is 3.49. The fourth-order valence-electron chi connectivity index (χ4n) is 3.43. The predicted octanol–water partition coefficient (Wildman–Crippen LogP) is 3.92. The molecule has 1 aromatic heterocycles. The lowest BCUT2D eigenvalue weighted by atomic mass is 10.0. The van der Waals surface area contributed by atoms with Gasteiger partial charge in [-0.3, -0.25) is 9.59 Å². The van der Waals surface area contributed by atoms with Crippen molar-refractivity contribution in [3.8, 4) is 0 Å². The van der Waals surface area contributed by atoms with Crippen LogP contribution in [0.15, 0.2) is 53.5 Å². The summed E-state index contributed by atoms with van der Waals surface area (Å²) in [5, 5.41) is 3.44. The lowest BCUT2D eigenvalue weighted by Crippen LogP contribution is -2.21. The number of aryl methyl sites for hydroxylation is 4. The third-order valence-corrected chi connectivity index (χ3v) is 6.26. The first-order chi connectivity index (χ1) is 16.4. The summed E-state index contributed by atoms with van der Waals surface area (Å²) in [6.45, 7) is 1.49. The Kier molecular flexibility index (Phi) is 10.8. The first-order valence-corrected chi connectivity index (χ1v) is 11.8. The molecule has 2 aromatic carbocycles. The number of thiazole rings is 1. The Morgan fingerprint density at radius 2 is 1.60 bits per heavy atom. The molecule has 8 nitrogen and oxygen atoms in total. The van der Waals surface area contributed by atoms with Crippen molar-refractivity contribution in [2.75, 3.05) is 19.4 Å². The molecule has 0 spiro atoms. The van der Waals surface area contributed by atoms with Crippen molar-refractivity contribution >= 4 is 52.7 Å². The van der Waals surface area contributed by atoms with E-state index in [1.165, 1.54) is 30.2 Å². The summed E-state index contributed by atoms with van der Waals surface area (Å²) in [5.41, 5.74) is 7.22. The number of anilines is 1. The summed E-state index contributed by atoms with van der Waals surface area (Å²) < 4.78 is 0. The number of nitrogens with zero attached hydrogens (tertiary/aromatic N) is 3. The minimum Gasteiger partial charge on any atom is -0.345 e. The van der Waals surface area contributed by atoms with Gasteiger partial charge in [-0.25, -0.2) is 15.8 Å². The maximum absolute atomic E-state index is 12.1. The summed E-state index contributed by atoms with van der Waals surface area (Å²) in [5.74, 6) is 5.07. The van der Waals surface area contributed by atoms with Crippen LogP contribution in [0.1, 0.15) is 39.0 Å². The molecule has 0 aliphatic heterocycles. The van der Waals surface area contributed by atoms with Crippen LogP contribution in [0, 0.1) is 0 Å². The topological polar surface area (TPSA) is 113 Å². The SMILES string of the molecule is CC(=O)Nc1nc(CCc2ccc(N=CNN)cc2)c(CCc2ccc(C(=O)N(C)C)cc2)s1.Cl. The zero-order valence-corrected chi connectivity index (χ0v) is 21.7. The van der Waals surface area contributed by atoms with Gasteiger partial charge in [-0.05, 0) is 61.1 Å². The molecule has 10 heteroatoms. The number of hydrazine groups is 1. The van der Waals surface area contributed by atoms with E-state index in [1.54, 1.807) is 19.0 Å². The van der Waals surface area contributed by atoms with Gasteiger partial charge in [0.05, 0.1) is 11.4 Å². The van der Waals surface area contributed by atoms with E-state index < -0.39 is 0 Å². The smallest absolute Gasteiger partial charge is 0.253 e. The maximum Gasteiger partial charge on any atom is 0.253 e. The van der Waals surface area contributed by atoms with Crippen LogP contribution >= 0.6 is 23.7 Å². The van der Waals surface area contributed by atoms with Crippen molar-refractivity contribution in [1.82, 2.24) is 15.3 Å². The number of hydrogen-bond acceptors (Lipinski definition) is 6. The van der Waals surface area contributed by atoms with Crippen LogP contribution in [-0.4, -0.2) is 42.1 Å². The average molecular weight is 515 g/mol. The fraction of sp³-hybridized carbons (Fsp3) is 0.280. The van der Waals surface area contributed by atoms with Crippen LogP contribution in [0.3, 0.4) is 0 Å². The van der Waals surface area contributed by atoms with Crippen LogP contribution < -0.4 is 16.6 Å². The molecule has 0 aliphatic carbocycles. The third-order valence-electron chi connectivity index (χ3n) is 5.18. The van der Waals surface area contributed by atoms with Crippen LogP contribution in [-0.2, 0) is 30.5 Å². The number of aliphatic imine (C=N–C) groups is 1. The first kappa shape index (κ1) is 28.0. The summed E-state index contributed by atoms with van der Waals surface area (Å²) in [6.07, 6.45) is 4.68. The highest BCUT2D eigenvalue weighted by Gasteiger charge is 2.13. The predicted molar refractivity (Wildman–Crippen MR) is 145 cm³/mol. The van der Waals surface area contributed by atoms with Crippen LogP contribution in [0.5, 0.6) is 0 Å². The molecule has 0 unspecified atom stereocenters. The van der Waals surface area contributed by atoms with Gasteiger partial charge in [-0.15, -0.1) is 23.7 Å². The number of nitrogens with one attached hydrogen (secondary N) is 2. The molecular formula is C25H31ClN6O2S. The minimum absolute atomic E-state index is 0. The van der Waals surface area contributed by atoms with Gasteiger partial charge >= 0.3 is 0 Å². The minimum atomic E-state index is -0.129. The van der Waals surface area contributed by atoms with Gasteiger partial charge in [-0.2, -0.15) is 0 Å². The molecule has 0 saturated heterocycles. The van der Waals surface area contributed by atoms with Gasteiger partial charge in [0.25, 0.3) is 5.91 Å². The monoisotopic (exact) mass is 514 g/mol. The highest BCUT2D eigenvalue weighted by molar-refractivity contribution is 7.15. The number of carbonyl (C=O) groups is 2. The van der Waals surface area contributed by atoms with Gasteiger partial charge in [0.15, 0.2) is 5.13 Å². The lowest BCUT2D eigenvalue weighted by molar-refractivity contribution is -0.114. The van der Waals surface area contributed by atoms with Gasteiger partial charge < -0.3 is 15.6 Å². The molecule has 186 valence electrons. The second-order valence-corrected chi connectivity index (χ2v) is 9.14. The van der Waals surface area contributed by atoms with Crippen LogP contribution in [0.25, 0.3) is 0 Å². The molecule has 0 saturated carbocycles. The molecule has 1 heterocycles. The number of benzene rings is 2. The van der Waals surface area contributed by atoms with Crippen molar-refractivity contribution in [2.45, 2.75) is 32.6 Å². The molecule has 0 radical (unpaired) electrons. The Morgan fingerprint density at radius 1 is 1.00 bits per heavy atom. The Labute approximate surface area is 216 Å². The van der Waals surface area contributed by atoms with Gasteiger partial charge in [-0.1, -0.05) is 24.3 Å². The Hall–Kier alpha value is -3.27. The average Bonchev–Trinajstić information content (AvgIpc) is 3.21. The number of aromatic nitrogens is 1. The highest BCUT2D eigenvalue weighted by Crippen LogP contribution is 2.26. The molecule has 4 N–H and O–H groups in total. The molecule has 0 atom stereocenters. The van der Waals surface area contributed by atoms with E-state index in [0.29, 0.717) is 10.7 Å². The molecule has 2 amide bonds. The molecule has 3 aromatic rings. The fourth-order valence-corrected chi connectivity index (χ4v) is 4.48. The van der Waals surface area contributed by atoms with Crippen molar-refractivity contribution in [3.05, 3.63) is 75.8 Å². The van der Waals surface area contributed by atoms with E-state index in [-0.39, 0.29) is 24.2 Å². The quantitative estimate of drug-likeness (QED) is 0.164. The number of nitrogens with two attached hydrogens (primary N) is 1. The van der Waals surface area contributed by atoms with E-state index in [1.807, 2.05) is 48.5 Å². The first-order valence-electron chi connectivity index (χ1n) is 11.0. The highest BCUT2D eigenvalue weighted by atomic mass is 35.5. The lowest BCUT2D eigenvalue weighted by Gasteiger charge is -2.10. The number of hydrogen-bond donors (Lipinski definition) is 3. The Bertz CT molecular complexity index is 1140. The van der Waals surface area contributed by atoms with E-state index in [0.717, 1.165) is 47.5 Å². The number of amides is 2. The Balaban J connectivity index is 0.00000432. The standard InChI is InChI=1S/C25H30N6O2S.ClH/c1-17(32)29-25-30-22(14-8-19-6-12-21(13-7-19)27-16-28-26)23(34-25)15-9-18-4-10-20(11-5-18)24(33)31(2)3;/h4-7,10-13,16H,8-9,14-15,26H2,1-3H3,(H,27,28)(H,29,30,32);1H. The summed E-state index contributed by atoms with van der Waals surface area (Å²) in [6, 6.07) is 15.7. The number of carbonyl (C=O) groups excluding carboxylic acids is 2. The molecule has 0 bridgehead atoms.